The van der Waals surface area contributed by atoms with Crippen molar-refractivity contribution in [2.45, 2.75) is 0 Å². The first kappa shape index (κ1) is 61.3. The first-order chi connectivity index (χ1) is 51.4. The van der Waals surface area contributed by atoms with E-state index in [0.717, 1.165) is 26.0 Å². The lowest BCUT2D eigenvalue weighted by Gasteiger charge is -2.21. The molecule has 0 atom stereocenters. The molecule has 0 unspecified atom stereocenters. The SMILES string of the molecule is Brc1cc(-c2cccc3ccccc23)c2ccc3ccc(-c4cccc5ccccc45)c4ccc1c2c34.OB(O)c1cc2ccccc2c2ccccc12.c1ccc2c(-c3ccc4ccc5c(-c6cccc7ccccc67)cc(-c6cc7ccccc7c7ccccc67)c6ccc3c4c56)cccc2c1. The van der Waals surface area contributed by atoms with Crippen molar-refractivity contribution in [3.05, 3.63) is 368 Å². The standard InChI is InChI=1S/C50H30.C36H21Br.C14H11BO2/c1-4-16-35-31(11-1)14-9-21-39(35)42-25-23-33-24-26-44-47(40-22-10-15-32-12-2-5-17-36(32)40)30-48(45-28-27-43(42)49(33)50(44)45)46-29-34-13-3-6-18-37(34)38-19-7-8-20-41(38)46;37-34-21-33(28-14-6-10-23-8-2-4-12-26(23)28)31-18-16-24-15-17-29(30-19-20-32(34)36(31)35(24)30)27-13-5-9-22-7-1-3-11-25(22)27;16-15(17)14-9-10-5-1-2-6-11(10)12-7-3-4-8-13(12)14/h1-30H;1-21H;1-9,16-17H. The minimum atomic E-state index is -1.44. The van der Waals surface area contributed by atoms with Crippen molar-refractivity contribution < 1.29 is 10.0 Å². The summed E-state index contributed by atoms with van der Waals surface area (Å²) in [5, 5.41) is 53.9. The lowest BCUT2D eigenvalue weighted by atomic mass is 9.76. The van der Waals surface area contributed by atoms with Gasteiger partial charge in [0.25, 0.3) is 0 Å². The van der Waals surface area contributed by atoms with E-state index >= 15 is 0 Å². The Balaban J connectivity index is 0.000000116. The largest absolute Gasteiger partial charge is 0.489 e. The monoisotopic (exact) mass is 1380 g/mol. The van der Waals surface area contributed by atoms with Crippen molar-refractivity contribution in [3.63, 3.8) is 0 Å². The molecule has 22 aromatic rings. The van der Waals surface area contributed by atoms with E-state index in [1.165, 1.54) is 185 Å². The van der Waals surface area contributed by atoms with E-state index in [1.54, 1.807) is 0 Å². The second-order valence-corrected chi connectivity index (χ2v) is 28.4. The molecule has 0 spiro atoms. The molecule has 0 aromatic heterocycles. The third-order valence-electron chi connectivity index (χ3n) is 22.0. The highest BCUT2D eigenvalue weighted by atomic mass is 79.9. The van der Waals surface area contributed by atoms with Crippen LogP contribution in [-0.4, -0.2) is 17.2 Å². The molecule has 0 aliphatic rings. The first-order valence-corrected chi connectivity index (χ1v) is 36.4. The zero-order valence-corrected chi connectivity index (χ0v) is 58.1. The van der Waals surface area contributed by atoms with Gasteiger partial charge in [0, 0.05) is 4.47 Å². The van der Waals surface area contributed by atoms with E-state index in [-0.39, 0.29) is 0 Å². The van der Waals surface area contributed by atoms with Gasteiger partial charge in [-0.05, 0) is 230 Å². The fourth-order valence-electron chi connectivity index (χ4n) is 17.3. The average molecular weight is 1390 g/mol. The van der Waals surface area contributed by atoms with Gasteiger partial charge in [-0.25, -0.2) is 0 Å². The predicted octanol–water partition coefficient (Wildman–Crippen LogP) is 26.9. The second kappa shape index (κ2) is 24.9. The van der Waals surface area contributed by atoms with Gasteiger partial charge >= 0.3 is 7.12 Å². The highest BCUT2D eigenvalue weighted by molar-refractivity contribution is 9.10. The van der Waals surface area contributed by atoms with Crippen LogP contribution in [0.3, 0.4) is 0 Å². The zero-order chi connectivity index (χ0) is 69.1. The third-order valence-corrected chi connectivity index (χ3v) is 22.6. The Labute approximate surface area is 609 Å². The molecular formula is C100H62BBrO2. The molecule has 0 saturated carbocycles. The summed E-state index contributed by atoms with van der Waals surface area (Å²) >= 11 is 3.95. The highest BCUT2D eigenvalue weighted by Crippen LogP contribution is 2.51. The molecule has 2 N–H and O–H groups in total. The summed E-state index contributed by atoms with van der Waals surface area (Å²) in [5.41, 5.74) is 13.3. The van der Waals surface area contributed by atoms with Crippen LogP contribution in [0, 0.1) is 0 Å². The number of benzene rings is 22. The normalized spacial score (nSPS) is 11.8. The average Bonchev–Trinajstić information content (AvgIpc) is 0.713. The van der Waals surface area contributed by atoms with Crippen LogP contribution in [0.25, 0.3) is 206 Å². The van der Waals surface area contributed by atoms with Crippen LogP contribution in [0.1, 0.15) is 0 Å². The van der Waals surface area contributed by atoms with Crippen LogP contribution >= 0.6 is 15.9 Å². The summed E-state index contributed by atoms with van der Waals surface area (Å²) in [5.74, 6) is 0. The Morgan fingerprint density at radius 2 is 0.442 bits per heavy atom. The van der Waals surface area contributed by atoms with Gasteiger partial charge in [0.15, 0.2) is 0 Å². The molecular weight excluding hydrogens is 1320 g/mol. The molecule has 104 heavy (non-hydrogen) atoms. The van der Waals surface area contributed by atoms with Crippen LogP contribution in [-0.2, 0) is 0 Å². The third kappa shape index (κ3) is 9.94. The number of hydrogen-bond acceptors (Lipinski definition) is 2. The minimum absolute atomic E-state index is 0.555. The summed E-state index contributed by atoms with van der Waals surface area (Å²) < 4.78 is 1.13. The Hall–Kier alpha value is -12.5. The Kier molecular flexibility index (Phi) is 14.7. The van der Waals surface area contributed by atoms with Crippen LogP contribution in [0.15, 0.2) is 368 Å². The molecule has 0 bridgehead atoms. The van der Waals surface area contributed by atoms with Gasteiger partial charge in [-0.15, -0.1) is 0 Å². The molecule has 0 amide bonds. The molecule has 22 rings (SSSR count). The Morgan fingerprint density at radius 1 is 0.163 bits per heavy atom. The summed E-state index contributed by atoms with van der Waals surface area (Å²) in [6, 6.07) is 132. The topological polar surface area (TPSA) is 40.5 Å². The van der Waals surface area contributed by atoms with Gasteiger partial charge in [0.1, 0.15) is 0 Å². The number of rotatable bonds is 6. The van der Waals surface area contributed by atoms with Crippen molar-refractivity contribution in [2.24, 2.45) is 0 Å². The van der Waals surface area contributed by atoms with Gasteiger partial charge in [0.2, 0.25) is 0 Å². The van der Waals surface area contributed by atoms with Crippen LogP contribution in [0.4, 0.5) is 0 Å². The summed E-state index contributed by atoms with van der Waals surface area (Å²) in [4.78, 5) is 0. The summed E-state index contributed by atoms with van der Waals surface area (Å²) in [7, 11) is -1.44. The van der Waals surface area contributed by atoms with E-state index in [4.69, 9.17) is 0 Å². The Bertz CT molecular complexity index is 7220. The molecule has 0 aliphatic carbocycles. The molecule has 484 valence electrons. The van der Waals surface area contributed by atoms with E-state index < -0.39 is 7.12 Å². The smallest absolute Gasteiger partial charge is 0.423 e. The van der Waals surface area contributed by atoms with Crippen LogP contribution in [0.2, 0.25) is 0 Å². The molecule has 22 aromatic carbocycles. The predicted molar refractivity (Wildman–Crippen MR) is 451 cm³/mol. The van der Waals surface area contributed by atoms with Crippen molar-refractivity contribution in [3.8, 4) is 55.6 Å². The van der Waals surface area contributed by atoms with Crippen LogP contribution < -0.4 is 5.46 Å². The summed E-state index contributed by atoms with van der Waals surface area (Å²) in [6.45, 7) is 0. The van der Waals surface area contributed by atoms with Crippen molar-refractivity contribution >= 4 is 179 Å². The van der Waals surface area contributed by atoms with Crippen LogP contribution in [0.5, 0.6) is 0 Å². The number of halogens is 1. The highest BCUT2D eigenvalue weighted by Gasteiger charge is 2.24. The number of hydrogen-bond donors (Lipinski definition) is 2. The zero-order valence-electron chi connectivity index (χ0n) is 56.5. The maximum absolute atomic E-state index is 9.44. The van der Waals surface area contributed by atoms with Crippen molar-refractivity contribution in [1.82, 2.24) is 0 Å². The second-order valence-electron chi connectivity index (χ2n) is 27.5. The van der Waals surface area contributed by atoms with E-state index in [0.29, 0.717) is 5.46 Å². The van der Waals surface area contributed by atoms with Gasteiger partial charge in [-0.2, -0.15) is 0 Å². The Morgan fingerprint density at radius 3 is 0.894 bits per heavy atom. The molecule has 0 aliphatic heterocycles. The first-order valence-electron chi connectivity index (χ1n) is 35.6. The molecule has 4 heteroatoms. The quantitative estimate of drug-likeness (QED) is 0.129. The maximum atomic E-state index is 9.44. The maximum Gasteiger partial charge on any atom is 0.489 e. The molecule has 0 fully saturated rings. The molecule has 0 radical (unpaired) electrons. The van der Waals surface area contributed by atoms with E-state index in [1.807, 2.05) is 54.6 Å². The summed E-state index contributed by atoms with van der Waals surface area (Å²) in [6.07, 6.45) is 0. The number of fused-ring (bicyclic) bond motifs is 10. The van der Waals surface area contributed by atoms with Gasteiger partial charge in [-0.3, -0.25) is 0 Å². The minimum Gasteiger partial charge on any atom is -0.423 e. The lowest BCUT2D eigenvalue weighted by Crippen LogP contribution is -2.30. The van der Waals surface area contributed by atoms with Gasteiger partial charge < -0.3 is 10.0 Å². The van der Waals surface area contributed by atoms with E-state index in [2.05, 4.69) is 325 Å². The van der Waals surface area contributed by atoms with Crippen molar-refractivity contribution in [2.75, 3.05) is 0 Å². The van der Waals surface area contributed by atoms with E-state index in [9.17, 15) is 10.0 Å². The fraction of sp³-hybridized carbons (Fsp3) is 0. The van der Waals surface area contributed by atoms with Gasteiger partial charge in [-0.1, -0.05) is 362 Å². The van der Waals surface area contributed by atoms with Crippen molar-refractivity contribution in [1.29, 1.82) is 0 Å². The molecule has 0 heterocycles. The molecule has 2 nitrogen and oxygen atoms in total. The molecule has 0 saturated heterocycles. The lowest BCUT2D eigenvalue weighted by molar-refractivity contribution is 0.426. The fourth-order valence-corrected chi connectivity index (χ4v) is 17.9. The van der Waals surface area contributed by atoms with Gasteiger partial charge in [0.05, 0.1) is 0 Å².